The lowest BCUT2D eigenvalue weighted by Gasteiger charge is -2.25. The van der Waals surface area contributed by atoms with Gasteiger partial charge in [0, 0.05) is 13.0 Å². The Balaban J connectivity index is 1.88. The van der Waals surface area contributed by atoms with Gasteiger partial charge in [-0.2, -0.15) is 5.26 Å². The molecule has 2 unspecified atom stereocenters. The highest BCUT2D eigenvalue weighted by Crippen LogP contribution is 2.36. The van der Waals surface area contributed by atoms with Crippen LogP contribution in [0.15, 0.2) is 29.2 Å². The van der Waals surface area contributed by atoms with E-state index in [0.29, 0.717) is 12.8 Å². The maximum atomic E-state index is 13.2. The van der Waals surface area contributed by atoms with Crippen LogP contribution in [-0.2, 0) is 19.4 Å². The van der Waals surface area contributed by atoms with E-state index >= 15 is 0 Å². The van der Waals surface area contributed by atoms with E-state index in [9.17, 15) is 23.3 Å². The summed E-state index contributed by atoms with van der Waals surface area (Å²) in [4.78, 5) is 27.0. The van der Waals surface area contributed by atoms with Gasteiger partial charge >= 0.3 is 0 Å². The van der Waals surface area contributed by atoms with Gasteiger partial charge in [-0.15, -0.1) is 0 Å². The zero-order chi connectivity index (χ0) is 21.4. The minimum Gasteiger partial charge on any atom is -0.336 e. The molecule has 2 fully saturated rings. The Kier molecular flexibility index (Phi) is 5.93. The number of benzene rings is 1. The van der Waals surface area contributed by atoms with Crippen LogP contribution >= 0.6 is 11.6 Å². The second-order valence-corrected chi connectivity index (χ2v) is 10.8. The fraction of sp³-hybridized carbons (Fsp3) is 0.550. The highest BCUT2D eigenvalue weighted by atomic mass is 35.5. The van der Waals surface area contributed by atoms with Crippen LogP contribution in [0.1, 0.15) is 39.5 Å². The van der Waals surface area contributed by atoms with Crippen molar-refractivity contribution < 1.29 is 18.0 Å². The standard InChI is InChI=1S/C20H24ClN3O4S/c1-13(2)9-18(25)24-11-14(29(27,28)17-6-4-3-5-15(17)21)10-16(24)19(26)23-20(12-22)7-8-20/h3-6,13-14,16H,7-11H2,1-2H3,(H,23,26). The molecule has 1 heterocycles. The fourth-order valence-corrected chi connectivity index (χ4v) is 5.79. The van der Waals surface area contributed by atoms with Crippen molar-refractivity contribution in [1.29, 1.82) is 5.26 Å². The third kappa shape index (κ3) is 4.41. The van der Waals surface area contributed by atoms with E-state index in [0.717, 1.165) is 0 Å². The summed E-state index contributed by atoms with van der Waals surface area (Å²) in [6, 6.07) is 7.32. The number of amides is 2. The smallest absolute Gasteiger partial charge is 0.244 e. The summed E-state index contributed by atoms with van der Waals surface area (Å²) in [7, 11) is -3.84. The number of carbonyl (C=O) groups is 2. The highest BCUT2D eigenvalue weighted by molar-refractivity contribution is 7.92. The van der Waals surface area contributed by atoms with Gasteiger partial charge in [0.05, 0.1) is 21.2 Å². The van der Waals surface area contributed by atoms with Crippen LogP contribution in [0.2, 0.25) is 5.02 Å². The first-order valence-electron chi connectivity index (χ1n) is 9.61. The van der Waals surface area contributed by atoms with Crippen molar-refractivity contribution in [2.45, 2.75) is 61.3 Å². The zero-order valence-corrected chi connectivity index (χ0v) is 18.0. The van der Waals surface area contributed by atoms with Gasteiger partial charge in [0.2, 0.25) is 11.8 Å². The maximum absolute atomic E-state index is 13.2. The summed E-state index contributed by atoms with van der Waals surface area (Å²) in [5.41, 5.74) is -0.885. The summed E-state index contributed by atoms with van der Waals surface area (Å²) in [6.07, 6.45) is 1.31. The number of nitrogens with one attached hydrogen (secondary N) is 1. The summed E-state index contributed by atoms with van der Waals surface area (Å²) in [5.74, 6) is -0.670. The molecule has 1 aliphatic carbocycles. The largest absolute Gasteiger partial charge is 0.336 e. The van der Waals surface area contributed by atoms with Gasteiger partial charge < -0.3 is 10.2 Å². The number of halogens is 1. The summed E-state index contributed by atoms with van der Waals surface area (Å²) < 4.78 is 26.3. The number of carbonyl (C=O) groups excluding carboxylic acids is 2. The first kappa shape index (κ1) is 21.6. The molecule has 156 valence electrons. The van der Waals surface area contributed by atoms with E-state index in [2.05, 4.69) is 11.4 Å². The van der Waals surface area contributed by atoms with E-state index in [1.165, 1.54) is 17.0 Å². The van der Waals surface area contributed by atoms with Crippen LogP contribution in [-0.4, -0.2) is 48.5 Å². The molecule has 2 amide bonds. The summed E-state index contributed by atoms with van der Waals surface area (Å²) in [5, 5.41) is 11.1. The Bertz CT molecular complexity index is 966. The average molecular weight is 438 g/mol. The van der Waals surface area contributed by atoms with Crippen molar-refractivity contribution in [2.75, 3.05) is 6.54 Å². The molecule has 3 rings (SSSR count). The van der Waals surface area contributed by atoms with Crippen LogP contribution < -0.4 is 5.32 Å². The molecule has 1 aromatic carbocycles. The lowest BCUT2D eigenvalue weighted by Crippen LogP contribution is -2.49. The van der Waals surface area contributed by atoms with Gasteiger partial charge in [0.1, 0.15) is 11.6 Å². The Morgan fingerprint density at radius 3 is 2.55 bits per heavy atom. The van der Waals surface area contributed by atoms with Crippen LogP contribution in [0.5, 0.6) is 0 Å². The van der Waals surface area contributed by atoms with Crippen molar-refractivity contribution >= 4 is 33.3 Å². The SMILES string of the molecule is CC(C)CC(=O)N1CC(S(=O)(=O)c2ccccc2Cl)CC1C(=O)NC1(C#N)CC1. The fourth-order valence-electron chi connectivity index (χ4n) is 3.58. The van der Waals surface area contributed by atoms with Crippen LogP contribution in [0.4, 0.5) is 0 Å². The second kappa shape index (κ2) is 7.96. The molecule has 29 heavy (non-hydrogen) atoms. The predicted molar refractivity (Wildman–Crippen MR) is 108 cm³/mol. The van der Waals surface area contributed by atoms with Crippen molar-refractivity contribution in [2.24, 2.45) is 5.92 Å². The van der Waals surface area contributed by atoms with E-state index in [-0.39, 0.29) is 41.1 Å². The number of nitrogens with zero attached hydrogens (tertiary/aromatic N) is 2. The second-order valence-electron chi connectivity index (χ2n) is 8.18. The summed E-state index contributed by atoms with van der Waals surface area (Å²) >= 11 is 6.09. The number of sulfone groups is 1. The number of hydrogen-bond donors (Lipinski definition) is 1. The molecule has 0 spiro atoms. The van der Waals surface area contributed by atoms with Gasteiger partial charge in [-0.1, -0.05) is 37.6 Å². The number of likely N-dealkylation sites (tertiary alicyclic amines) is 1. The zero-order valence-electron chi connectivity index (χ0n) is 16.4. The third-order valence-electron chi connectivity index (χ3n) is 5.38. The van der Waals surface area contributed by atoms with E-state index in [1.807, 2.05) is 13.8 Å². The van der Waals surface area contributed by atoms with Crippen LogP contribution in [0, 0.1) is 17.2 Å². The first-order chi connectivity index (χ1) is 13.6. The molecule has 1 aliphatic heterocycles. The molecule has 1 saturated heterocycles. The van der Waals surface area contributed by atoms with Gasteiger partial charge in [-0.05, 0) is 37.3 Å². The van der Waals surface area contributed by atoms with Gasteiger partial charge in [0.15, 0.2) is 9.84 Å². The molecular weight excluding hydrogens is 414 g/mol. The van der Waals surface area contributed by atoms with Gasteiger partial charge in [0.25, 0.3) is 0 Å². The molecule has 1 N–H and O–H groups in total. The van der Waals surface area contributed by atoms with Crippen molar-refractivity contribution in [3.63, 3.8) is 0 Å². The molecule has 1 aromatic rings. The van der Waals surface area contributed by atoms with Crippen molar-refractivity contribution in [3.05, 3.63) is 29.3 Å². The molecule has 2 atom stereocenters. The molecule has 0 radical (unpaired) electrons. The maximum Gasteiger partial charge on any atom is 0.244 e. The van der Waals surface area contributed by atoms with Crippen LogP contribution in [0.3, 0.4) is 0 Å². The van der Waals surface area contributed by atoms with E-state index in [4.69, 9.17) is 11.6 Å². The Labute approximate surface area is 175 Å². The van der Waals surface area contributed by atoms with E-state index in [1.54, 1.807) is 12.1 Å². The van der Waals surface area contributed by atoms with Gasteiger partial charge in [-0.25, -0.2) is 8.42 Å². The lowest BCUT2D eigenvalue weighted by molar-refractivity contribution is -0.139. The Morgan fingerprint density at radius 2 is 2.00 bits per heavy atom. The molecule has 7 nitrogen and oxygen atoms in total. The molecule has 2 aliphatic rings. The molecule has 0 aromatic heterocycles. The molecular formula is C20H24ClN3O4S. The minimum atomic E-state index is -3.84. The number of rotatable bonds is 6. The molecule has 9 heteroatoms. The Morgan fingerprint density at radius 1 is 1.34 bits per heavy atom. The van der Waals surface area contributed by atoms with Gasteiger partial charge in [-0.3, -0.25) is 9.59 Å². The van der Waals surface area contributed by atoms with Crippen molar-refractivity contribution in [1.82, 2.24) is 10.2 Å². The van der Waals surface area contributed by atoms with Crippen molar-refractivity contribution in [3.8, 4) is 6.07 Å². The monoisotopic (exact) mass is 437 g/mol. The normalized spacial score (nSPS) is 22.9. The van der Waals surface area contributed by atoms with E-state index < -0.39 is 32.6 Å². The quantitative estimate of drug-likeness (QED) is 0.734. The average Bonchev–Trinajstić information content (AvgIpc) is 3.26. The van der Waals surface area contributed by atoms with Crippen LogP contribution in [0.25, 0.3) is 0 Å². The molecule has 1 saturated carbocycles. The minimum absolute atomic E-state index is 0.000304. The Hall–Kier alpha value is -2.11. The summed E-state index contributed by atoms with van der Waals surface area (Å²) in [6.45, 7) is 3.70. The number of nitriles is 1. The number of hydrogen-bond acceptors (Lipinski definition) is 5. The molecule has 0 bridgehead atoms. The first-order valence-corrected chi connectivity index (χ1v) is 11.5. The third-order valence-corrected chi connectivity index (χ3v) is 8.01. The predicted octanol–water partition coefficient (Wildman–Crippen LogP) is 2.30. The highest BCUT2D eigenvalue weighted by Gasteiger charge is 2.50. The lowest BCUT2D eigenvalue weighted by atomic mass is 10.1. The topological polar surface area (TPSA) is 107 Å².